The molecule has 2 unspecified atom stereocenters. The standard InChI is InChI=1S/C17H24ClN3OS/c1-13(23-16-4-2-14(18)3-5-16)17(22)21-9-6-15(12-21)20-10-7-19-8-11-20/h2-5,13,15,19H,6-12H2,1H3. The second-order valence-corrected chi connectivity index (χ2v) is 8.08. The Hall–Kier alpha value is -0.750. The topological polar surface area (TPSA) is 35.6 Å². The SMILES string of the molecule is CC(Sc1ccc(Cl)cc1)C(=O)N1CCC(N2CCNCC2)C1. The highest BCUT2D eigenvalue weighted by Gasteiger charge is 2.32. The van der Waals surface area contributed by atoms with Gasteiger partial charge in [0, 0.05) is 55.2 Å². The maximum atomic E-state index is 12.7. The van der Waals surface area contributed by atoms with Crippen LogP contribution in [-0.2, 0) is 4.79 Å². The monoisotopic (exact) mass is 353 g/mol. The Morgan fingerprint density at radius 3 is 2.65 bits per heavy atom. The predicted octanol–water partition coefficient (Wildman–Crippen LogP) is 2.33. The summed E-state index contributed by atoms with van der Waals surface area (Å²) in [5.74, 6) is 0.252. The van der Waals surface area contributed by atoms with Gasteiger partial charge in [0.15, 0.2) is 0 Å². The second kappa shape index (κ2) is 7.88. The normalized spacial score (nSPS) is 23.9. The van der Waals surface area contributed by atoms with E-state index in [2.05, 4.69) is 10.2 Å². The molecule has 3 rings (SSSR count). The minimum atomic E-state index is -0.0575. The fourth-order valence-electron chi connectivity index (χ4n) is 3.31. The minimum absolute atomic E-state index is 0.0575. The summed E-state index contributed by atoms with van der Waals surface area (Å²) in [5.41, 5.74) is 0. The van der Waals surface area contributed by atoms with Crippen molar-refractivity contribution in [3.63, 3.8) is 0 Å². The highest BCUT2D eigenvalue weighted by Crippen LogP contribution is 2.27. The lowest BCUT2D eigenvalue weighted by Crippen LogP contribution is -2.49. The Kier molecular flexibility index (Phi) is 5.85. The predicted molar refractivity (Wildman–Crippen MR) is 96.2 cm³/mol. The fraction of sp³-hybridized carbons (Fsp3) is 0.588. The summed E-state index contributed by atoms with van der Waals surface area (Å²) in [4.78, 5) is 18.4. The van der Waals surface area contributed by atoms with Gasteiger partial charge in [-0.2, -0.15) is 0 Å². The molecule has 0 spiro atoms. The third kappa shape index (κ3) is 4.41. The Morgan fingerprint density at radius 1 is 1.26 bits per heavy atom. The van der Waals surface area contributed by atoms with E-state index >= 15 is 0 Å². The number of halogens is 1. The van der Waals surface area contributed by atoms with E-state index in [1.807, 2.05) is 36.1 Å². The number of piperazine rings is 1. The molecule has 2 atom stereocenters. The second-order valence-electron chi connectivity index (χ2n) is 6.23. The van der Waals surface area contributed by atoms with Crippen molar-refractivity contribution in [3.05, 3.63) is 29.3 Å². The molecule has 0 saturated carbocycles. The Balaban J connectivity index is 1.52. The molecular formula is C17H24ClN3OS. The van der Waals surface area contributed by atoms with E-state index in [1.54, 1.807) is 11.8 Å². The van der Waals surface area contributed by atoms with Gasteiger partial charge < -0.3 is 10.2 Å². The van der Waals surface area contributed by atoms with Crippen molar-refractivity contribution in [1.29, 1.82) is 0 Å². The van der Waals surface area contributed by atoms with Crippen LogP contribution in [0, 0.1) is 0 Å². The van der Waals surface area contributed by atoms with Crippen LogP contribution in [0.2, 0.25) is 5.02 Å². The van der Waals surface area contributed by atoms with Crippen LogP contribution in [0.1, 0.15) is 13.3 Å². The number of benzene rings is 1. The molecule has 126 valence electrons. The van der Waals surface area contributed by atoms with Gasteiger partial charge in [0.1, 0.15) is 0 Å². The number of rotatable bonds is 4. The molecule has 1 N–H and O–H groups in total. The average molecular weight is 354 g/mol. The van der Waals surface area contributed by atoms with E-state index < -0.39 is 0 Å². The highest BCUT2D eigenvalue weighted by atomic mass is 35.5. The van der Waals surface area contributed by atoms with Gasteiger partial charge in [0.2, 0.25) is 5.91 Å². The molecule has 2 aliphatic heterocycles. The van der Waals surface area contributed by atoms with E-state index in [0.717, 1.165) is 55.6 Å². The smallest absolute Gasteiger partial charge is 0.235 e. The molecule has 0 aliphatic carbocycles. The summed E-state index contributed by atoms with van der Waals surface area (Å²) >= 11 is 7.52. The number of hydrogen-bond donors (Lipinski definition) is 1. The van der Waals surface area contributed by atoms with Crippen LogP contribution in [0.5, 0.6) is 0 Å². The molecule has 1 amide bonds. The molecule has 0 radical (unpaired) electrons. The number of nitrogens with one attached hydrogen (secondary N) is 1. The maximum Gasteiger partial charge on any atom is 0.235 e. The molecule has 2 heterocycles. The van der Waals surface area contributed by atoms with E-state index in [4.69, 9.17) is 11.6 Å². The summed E-state index contributed by atoms with van der Waals surface area (Å²) in [7, 11) is 0. The quantitative estimate of drug-likeness (QED) is 0.843. The van der Waals surface area contributed by atoms with E-state index in [-0.39, 0.29) is 11.2 Å². The van der Waals surface area contributed by atoms with Crippen molar-refractivity contribution >= 4 is 29.3 Å². The first-order valence-electron chi connectivity index (χ1n) is 8.29. The third-order valence-corrected chi connectivity index (χ3v) is 5.97. The molecule has 0 bridgehead atoms. The molecule has 6 heteroatoms. The molecule has 2 saturated heterocycles. The zero-order valence-corrected chi connectivity index (χ0v) is 15.1. The highest BCUT2D eigenvalue weighted by molar-refractivity contribution is 8.00. The van der Waals surface area contributed by atoms with Gasteiger partial charge in [-0.3, -0.25) is 9.69 Å². The minimum Gasteiger partial charge on any atom is -0.340 e. The number of carbonyl (C=O) groups excluding carboxylic acids is 1. The summed E-state index contributed by atoms with van der Waals surface area (Å²) in [6.45, 7) is 8.09. The number of amides is 1. The molecule has 2 fully saturated rings. The average Bonchev–Trinajstić information content (AvgIpc) is 3.07. The van der Waals surface area contributed by atoms with Gasteiger partial charge in [0.05, 0.1) is 5.25 Å². The molecule has 4 nitrogen and oxygen atoms in total. The number of thioether (sulfide) groups is 1. The Morgan fingerprint density at radius 2 is 1.96 bits per heavy atom. The number of likely N-dealkylation sites (tertiary alicyclic amines) is 1. The van der Waals surface area contributed by atoms with Crippen molar-refractivity contribution < 1.29 is 4.79 Å². The molecule has 0 aromatic heterocycles. The van der Waals surface area contributed by atoms with Crippen molar-refractivity contribution in [2.75, 3.05) is 39.3 Å². The van der Waals surface area contributed by atoms with E-state index in [0.29, 0.717) is 6.04 Å². The number of hydrogen-bond acceptors (Lipinski definition) is 4. The largest absolute Gasteiger partial charge is 0.340 e. The maximum absolute atomic E-state index is 12.7. The number of carbonyl (C=O) groups is 1. The first kappa shape index (κ1) is 17.1. The van der Waals surface area contributed by atoms with Crippen LogP contribution >= 0.6 is 23.4 Å². The van der Waals surface area contributed by atoms with E-state index in [9.17, 15) is 4.79 Å². The van der Waals surface area contributed by atoms with Gasteiger partial charge in [-0.05, 0) is 37.6 Å². The first-order chi connectivity index (χ1) is 11.1. The van der Waals surface area contributed by atoms with Crippen molar-refractivity contribution in [2.24, 2.45) is 0 Å². The molecule has 23 heavy (non-hydrogen) atoms. The van der Waals surface area contributed by atoms with Crippen molar-refractivity contribution in [3.8, 4) is 0 Å². The van der Waals surface area contributed by atoms with Crippen LogP contribution in [-0.4, -0.2) is 66.3 Å². The van der Waals surface area contributed by atoms with Crippen LogP contribution in [0.25, 0.3) is 0 Å². The molecule has 1 aromatic carbocycles. The van der Waals surface area contributed by atoms with E-state index in [1.165, 1.54) is 0 Å². The first-order valence-corrected chi connectivity index (χ1v) is 9.55. The Bertz CT molecular complexity index is 533. The van der Waals surface area contributed by atoms with Crippen LogP contribution in [0.4, 0.5) is 0 Å². The lowest BCUT2D eigenvalue weighted by molar-refractivity contribution is -0.129. The van der Waals surface area contributed by atoms with Gasteiger partial charge in [0.25, 0.3) is 0 Å². The van der Waals surface area contributed by atoms with Gasteiger partial charge in [-0.25, -0.2) is 0 Å². The zero-order valence-electron chi connectivity index (χ0n) is 13.5. The van der Waals surface area contributed by atoms with Crippen molar-refractivity contribution in [2.45, 2.75) is 29.5 Å². The lowest BCUT2D eigenvalue weighted by atomic mass is 10.2. The fourth-order valence-corrected chi connectivity index (χ4v) is 4.39. The van der Waals surface area contributed by atoms with Crippen LogP contribution in [0.3, 0.4) is 0 Å². The summed E-state index contributed by atoms with van der Waals surface area (Å²) in [5, 5.41) is 4.06. The van der Waals surface area contributed by atoms with Crippen molar-refractivity contribution in [1.82, 2.24) is 15.1 Å². The lowest BCUT2D eigenvalue weighted by Gasteiger charge is -2.32. The van der Waals surface area contributed by atoms with Gasteiger partial charge >= 0.3 is 0 Å². The van der Waals surface area contributed by atoms with Crippen LogP contribution < -0.4 is 5.32 Å². The molecular weight excluding hydrogens is 330 g/mol. The Labute approximate surface area is 147 Å². The van der Waals surface area contributed by atoms with Gasteiger partial charge in [-0.15, -0.1) is 11.8 Å². The number of nitrogens with zero attached hydrogens (tertiary/aromatic N) is 2. The van der Waals surface area contributed by atoms with Crippen LogP contribution in [0.15, 0.2) is 29.2 Å². The van der Waals surface area contributed by atoms with Gasteiger partial charge in [-0.1, -0.05) is 11.6 Å². The third-order valence-electron chi connectivity index (χ3n) is 4.62. The summed E-state index contributed by atoms with van der Waals surface area (Å²) in [6.07, 6.45) is 1.10. The zero-order chi connectivity index (χ0) is 16.2. The summed E-state index contributed by atoms with van der Waals surface area (Å²) < 4.78 is 0. The molecule has 1 aromatic rings. The summed E-state index contributed by atoms with van der Waals surface area (Å²) in [6, 6.07) is 8.23. The molecule has 2 aliphatic rings.